The summed E-state index contributed by atoms with van der Waals surface area (Å²) >= 11 is 0. The first kappa shape index (κ1) is 8.04. The van der Waals surface area contributed by atoms with Crippen LogP contribution in [0.2, 0.25) is 0 Å². The second-order valence-corrected chi connectivity index (χ2v) is 1.70. The van der Waals surface area contributed by atoms with Crippen LogP contribution < -0.4 is 5.32 Å². The van der Waals surface area contributed by atoms with Gasteiger partial charge in [-0.15, -0.1) is 0 Å². The molecule has 8 heavy (non-hydrogen) atoms. The Morgan fingerprint density at radius 1 is 1.88 bits per heavy atom. The molecule has 0 aromatic rings. The molecule has 0 aliphatic heterocycles. The summed E-state index contributed by atoms with van der Waals surface area (Å²) in [6.07, 6.45) is 0. The van der Waals surface area contributed by atoms with Crippen molar-refractivity contribution in [2.75, 3.05) is 13.5 Å². The minimum Gasteiger partial charge on any atom is -0.381 e. The number of halogens is 1. The minimum atomic E-state index is -3.33. The lowest BCUT2D eigenvalue weighted by atomic mass is 11.1. The van der Waals surface area contributed by atoms with E-state index in [1.807, 2.05) is 0 Å². The maximum Gasteiger partial charge on any atom is 0.357 e. The highest BCUT2D eigenvalue weighted by Gasteiger charge is 1.89. The van der Waals surface area contributed by atoms with E-state index in [9.17, 15) is 8.76 Å². The average Bonchev–Trinajstić information content (AvgIpc) is 1.66. The van der Waals surface area contributed by atoms with Crippen molar-refractivity contribution in [2.45, 2.75) is 0 Å². The molecule has 0 aromatic heterocycles. The van der Waals surface area contributed by atoms with Crippen LogP contribution in [0.4, 0.5) is 4.20 Å². The summed E-state index contributed by atoms with van der Waals surface area (Å²) < 4.78 is 24.6. The van der Waals surface area contributed by atoms with Crippen LogP contribution in [0.25, 0.3) is 0 Å². The highest BCUT2D eigenvalue weighted by Crippen LogP contribution is 2.20. The van der Waals surface area contributed by atoms with Gasteiger partial charge in [0.15, 0.2) is 0 Å². The highest BCUT2D eigenvalue weighted by molar-refractivity contribution is 7.32. The molecule has 0 spiro atoms. The van der Waals surface area contributed by atoms with Gasteiger partial charge in [-0.3, -0.25) is 14.4 Å². The van der Waals surface area contributed by atoms with Gasteiger partial charge in [-0.25, -0.2) is 0 Å². The molecule has 0 aliphatic carbocycles. The average molecular weight is 143 g/mol. The molecule has 2 N–H and O–H groups in total. The first-order chi connectivity index (χ1) is 3.77. The third-order valence-corrected chi connectivity index (χ3v) is 0.771. The molecule has 0 amide bonds. The van der Waals surface area contributed by atoms with E-state index < -0.39 is 8.34 Å². The van der Waals surface area contributed by atoms with E-state index in [4.69, 9.17) is 5.11 Å². The molecule has 0 heterocycles. The van der Waals surface area contributed by atoms with Gasteiger partial charge >= 0.3 is 8.34 Å². The maximum atomic E-state index is 11.2. The number of hydrogen-bond acceptors (Lipinski definition) is 4. The van der Waals surface area contributed by atoms with Crippen molar-refractivity contribution in [2.24, 2.45) is 0 Å². The summed E-state index contributed by atoms with van der Waals surface area (Å²) in [6, 6.07) is 0. The van der Waals surface area contributed by atoms with E-state index in [0.29, 0.717) is 0 Å². The third kappa shape index (κ3) is 6.04. The van der Waals surface area contributed by atoms with Gasteiger partial charge in [0.2, 0.25) is 0 Å². The molecule has 1 atom stereocenters. The Morgan fingerprint density at radius 2 is 2.50 bits per heavy atom. The fraction of sp³-hybridized carbons (Fsp3) is 1.00. The fourth-order valence-corrected chi connectivity index (χ4v) is 0.369. The highest BCUT2D eigenvalue weighted by atomic mass is 31.2. The number of nitrogens with one attached hydrogen (secondary N) is 1. The first-order valence-electron chi connectivity index (χ1n) is 1.91. The van der Waals surface area contributed by atoms with Gasteiger partial charge in [0, 0.05) is 0 Å². The van der Waals surface area contributed by atoms with Gasteiger partial charge in [-0.05, 0) is 0 Å². The van der Waals surface area contributed by atoms with Crippen molar-refractivity contribution in [3.63, 3.8) is 0 Å². The summed E-state index contributed by atoms with van der Waals surface area (Å²) in [7, 11) is -3.33. The molecule has 6 heteroatoms. The monoisotopic (exact) mass is 143 g/mol. The van der Waals surface area contributed by atoms with Crippen LogP contribution in [0.1, 0.15) is 0 Å². The Hall–Kier alpha value is 0.0400. The van der Waals surface area contributed by atoms with Crippen LogP contribution in [0, 0.1) is 0 Å². The molecule has 0 saturated carbocycles. The normalized spacial score (nSPS) is 13.8. The molecule has 1 unspecified atom stereocenters. The topological polar surface area (TPSA) is 58.6 Å². The molecule has 0 radical (unpaired) electrons. The molecule has 0 bridgehead atoms. The van der Waals surface area contributed by atoms with Crippen LogP contribution in [0.15, 0.2) is 0 Å². The maximum absolute atomic E-state index is 11.2. The molecule has 50 valence electrons. The largest absolute Gasteiger partial charge is 0.381 e. The number of aliphatic hydroxyl groups excluding tert-OH is 1. The molecule has 0 aromatic carbocycles. The van der Waals surface area contributed by atoms with Crippen molar-refractivity contribution < 1.29 is 18.4 Å². The van der Waals surface area contributed by atoms with E-state index in [1.54, 1.807) is 0 Å². The van der Waals surface area contributed by atoms with E-state index >= 15 is 0 Å². The summed E-state index contributed by atoms with van der Waals surface area (Å²) in [6.45, 7) is -0.528. The van der Waals surface area contributed by atoms with E-state index in [1.165, 1.54) is 0 Å². The van der Waals surface area contributed by atoms with E-state index in [0.717, 1.165) is 0 Å². The summed E-state index contributed by atoms with van der Waals surface area (Å²) in [5.41, 5.74) is 0. The lowest BCUT2D eigenvalue weighted by Gasteiger charge is -1.95. The smallest absolute Gasteiger partial charge is 0.357 e. The van der Waals surface area contributed by atoms with Gasteiger partial charge < -0.3 is 5.11 Å². The van der Waals surface area contributed by atoms with Gasteiger partial charge in [-0.2, -0.15) is 4.20 Å². The van der Waals surface area contributed by atoms with Crippen LogP contribution in [-0.4, -0.2) is 18.6 Å². The zero-order chi connectivity index (χ0) is 6.41. The quantitative estimate of drug-likeness (QED) is 0.326. The number of rotatable bonds is 4. The molecule has 0 saturated heterocycles. The van der Waals surface area contributed by atoms with E-state index in [-0.39, 0.29) is 13.5 Å². The Balaban J connectivity index is 2.82. The predicted octanol–water partition coefficient (Wildman–Crippen LogP) is -0.141. The Labute approximate surface area is 46.6 Å². The standard InChI is InChI=1S/C2H7FNO3P/c3-8(6)7-2-4-1-5/h4-5,8H,1-2H2. The zero-order valence-electron chi connectivity index (χ0n) is 4.06. The van der Waals surface area contributed by atoms with Crippen LogP contribution in [0.3, 0.4) is 0 Å². The van der Waals surface area contributed by atoms with Crippen LogP contribution >= 0.6 is 8.34 Å². The van der Waals surface area contributed by atoms with Crippen molar-refractivity contribution in [3.8, 4) is 0 Å². The zero-order valence-corrected chi connectivity index (χ0v) is 5.06. The van der Waals surface area contributed by atoms with E-state index in [2.05, 4.69) is 9.84 Å². The lowest BCUT2D eigenvalue weighted by molar-refractivity contribution is 0.198. The molecule has 0 aliphatic rings. The van der Waals surface area contributed by atoms with Gasteiger partial charge in [-0.1, -0.05) is 0 Å². The van der Waals surface area contributed by atoms with Crippen molar-refractivity contribution in [1.82, 2.24) is 5.32 Å². The number of aliphatic hydroxyl groups is 1. The van der Waals surface area contributed by atoms with Crippen LogP contribution in [-0.2, 0) is 9.09 Å². The first-order valence-corrected chi connectivity index (χ1v) is 3.10. The van der Waals surface area contributed by atoms with Crippen molar-refractivity contribution in [1.29, 1.82) is 0 Å². The fourth-order valence-electron chi connectivity index (χ4n) is 0.153. The summed E-state index contributed by atoms with van der Waals surface area (Å²) in [4.78, 5) is 0. The second-order valence-electron chi connectivity index (χ2n) is 0.934. The molecular formula is C2H7FNO3P. The SMILES string of the molecule is O=[PH](F)OCNCO. The van der Waals surface area contributed by atoms with Crippen LogP contribution in [0.5, 0.6) is 0 Å². The summed E-state index contributed by atoms with van der Waals surface area (Å²) in [5, 5.41) is 10.2. The lowest BCUT2D eigenvalue weighted by Crippen LogP contribution is -2.15. The minimum absolute atomic E-state index is 0.217. The number of hydrogen-bond donors (Lipinski definition) is 2. The van der Waals surface area contributed by atoms with Gasteiger partial charge in [0.05, 0.1) is 6.73 Å². The molecule has 0 fully saturated rings. The van der Waals surface area contributed by atoms with Gasteiger partial charge in [0.1, 0.15) is 6.73 Å². The Kier molecular flexibility index (Phi) is 5.21. The summed E-state index contributed by atoms with van der Waals surface area (Å²) in [5.74, 6) is 0. The molecule has 0 rings (SSSR count). The van der Waals surface area contributed by atoms with Crippen molar-refractivity contribution in [3.05, 3.63) is 0 Å². The Morgan fingerprint density at radius 3 is 2.88 bits per heavy atom. The van der Waals surface area contributed by atoms with Crippen molar-refractivity contribution >= 4 is 8.34 Å². The second kappa shape index (κ2) is 5.18. The predicted molar refractivity (Wildman–Crippen MR) is 26.3 cm³/mol. The third-order valence-electron chi connectivity index (χ3n) is 0.400. The molecule has 4 nitrogen and oxygen atoms in total. The molecular weight excluding hydrogens is 136 g/mol. The van der Waals surface area contributed by atoms with Gasteiger partial charge in [0.25, 0.3) is 0 Å². The Bertz CT molecular complexity index is 79.7.